The molecule has 2 heterocycles. The summed E-state index contributed by atoms with van der Waals surface area (Å²) in [7, 11) is 0. The van der Waals surface area contributed by atoms with E-state index in [4.69, 9.17) is 14.2 Å². The molecule has 2 aromatic carbocycles. The number of carbonyl (C=O) groups is 12. The Balaban J connectivity index is 1.79. The number of rotatable bonds is 35. The number of carboxylic acids is 3. The minimum absolute atomic E-state index is 0.00377. The number of carbonyl (C=O) groups excluding carboxylic acids is 9. The number of hydrogen-bond donors (Lipinski definition) is 4. The highest BCUT2D eigenvalue weighted by Crippen LogP contribution is 2.55. The van der Waals surface area contributed by atoms with E-state index in [-0.39, 0.29) is 56.1 Å². The van der Waals surface area contributed by atoms with Crippen LogP contribution in [0.15, 0.2) is 48.5 Å². The number of aryl methyl sites for hydroxylation is 1. The minimum atomic E-state index is -1.73. The lowest BCUT2D eigenvalue weighted by Crippen LogP contribution is -2.50. The van der Waals surface area contributed by atoms with Gasteiger partial charge in [-0.1, -0.05) is 146 Å². The number of carboxylic acid groups (broad SMARTS) is 3. The van der Waals surface area contributed by atoms with E-state index in [1.54, 1.807) is 86.6 Å². The van der Waals surface area contributed by atoms with Gasteiger partial charge in [-0.3, -0.25) is 62.4 Å². The fraction of sp³-hybridized carbons (Fsp3) is 0.647. The normalized spacial score (nSPS) is 19.7. The molecule has 20 nitrogen and oxygen atoms in total. The van der Waals surface area contributed by atoms with Crippen molar-refractivity contribution >= 4 is 71.1 Å². The molecule has 0 aromatic heterocycles. The molecule has 2 aliphatic heterocycles. The van der Waals surface area contributed by atoms with Crippen LogP contribution < -0.4 is 10.1 Å². The van der Waals surface area contributed by atoms with Gasteiger partial charge in [-0.25, -0.2) is 0 Å². The van der Waals surface area contributed by atoms with E-state index in [1.165, 1.54) is 52.0 Å². The summed E-state index contributed by atoms with van der Waals surface area (Å²) < 4.78 is 16.4. The van der Waals surface area contributed by atoms with E-state index in [0.29, 0.717) is 31.2 Å². The lowest BCUT2D eigenvalue weighted by atomic mass is 9.57. The number of unbranched alkanes of at least 4 members (excludes halogenated alkanes) is 2. The van der Waals surface area contributed by atoms with Crippen molar-refractivity contribution in [2.45, 2.75) is 175 Å². The molecule has 0 radical (unpaired) electrons. The molecule has 2 aromatic rings. The SMILES string of the molecule is CCCCNC(=O)C(C(CC(C)(C)C1C(=O)OC(=O)C1C)C(=O)O)C(C)(C)CC1C(=O)N(CCCC)C(=O)C1C(C)(C)CC(C(=O)O)C(C(=O)OCC)C(C)(C)CC(C(=O)O)C(C(=O)Oc1ccc(C(=O)CC(=O)c2ccc(C)cc2)cc1)C(C)(C)CC. The number of hydrogen-bond acceptors (Lipinski definition) is 15. The topological polar surface area (TPSA) is 308 Å². The summed E-state index contributed by atoms with van der Waals surface area (Å²) in [6.45, 7) is 26.5. The third kappa shape index (κ3) is 17.4. The number of nitrogens with zero attached hydrogens (tertiary/aromatic N) is 1. The van der Waals surface area contributed by atoms with Crippen molar-refractivity contribution in [1.82, 2.24) is 10.2 Å². The minimum Gasteiger partial charge on any atom is -0.481 e. The predicted octanol–water partition coefficient (Wildman–Crippen LogP) is 10.6. The Morgan fingerprint density at radius 2 is 1.07 bits per heavy atom. The molecule has 88 heavy (non-hydrogen) atoms. The summed E-state index contributed by atoms with van der Waals surface area (Å²) in [6.07, 6.45) is 0.549. The van der Waals surface area contributed by atoms with Gasteiger partial charge in [0, 0.05) is 24.2 Å². The Morgan fingerprint density at radius 3 is 1.53 bits per heavy atom. The van der Waals surface area contributed by atoms with Crippen molar-refractivity contribution in [1.29, 1.82) is 0 Å². The molecule has 486 valence electrons. The van der Waals surface area contributed by atoms with E-state index < -0.39 is 171 Å². The predicted molar refractivity (Wildman–Crippen MR) is 325 cm³/mol. The Labute approximate surface area is 518 Å². The summed E-state index contributed by atoms with van der Waals surface area (Å²) in [5.41, 5.74) is -5.41. The zero-order valence-electron chi connectivity index (χ0n) is 54.5. The maximum Gasteiger partial charge on any atom is 0.318 e. The first-order chi connectivity index (χ1) is 40.8. The molecule has 0 aliphatic carbocycles. The van der Waals surface area contributed by atoms with Crippen LogP contribution in [0.25, 0.3) is 0 Å². The van der Waals surface area contributed by atoms with Crippen molar-refractivity contribution < 1.29 is 87.1 Å². The number of ketones is 2. The lowest BCUT2D eigenvalue weighted by Gasteiger charge is -2.45. The third-order valence-electron chi connectivity index (χ3n) is 18.8. The highest BCUT2D eigenvalue weighted by Gasteiger charge is 2.60. The van der Waals surface area contributed by atoms with Crippen LogP contribution >= 0.6 is 0 Å². The van der Waals surface area contributed by atoms with Crippen LogP contribution in [-0.2, 0) is 57.4 Å². The van der Waals surface area contributed by atoms with Crippen LogP contribution in [0.5, 0.6) is 5.75 Å². The molecule has 0 saturated carbocycles. The molecule has 4 rings (SSSR count). The Kier molecular flexibility index (Phi) is 24.9. The van der Waals surface area contributed by atoms with E-state index in [2.05, 4.69) is 5.32 Å². The first-order valence-corrected chi connectivity index (χ1v) is 30.9. The van der Waals surface area contributed by atoms with Gasteiger partial charge in [0.2, 0.25) is 17.7 Å². The fourth-order valence-electron chi connectivity index (χ4n) is 13.9. The number of benzene rings is 2. The van der Waals surface area contributed by atoms with Crippen molar-refractivity contribution in [3.05, 3.63) is 65.2 Å². The van der Waals surface area contributed by atoms with E-state index in [0.717, 1.165) is 10.5 Å². The molecular formula is C68H96N2O18. The molecule has 4 N–H and O–H groups in total. The molecule has 0 spiro atoms. The third-order valence-corrected chi connectivity index (χ3v) is 18.8. The van der Waals surface area contributed by atoms with Gasteiger partial charge in [0.05, 0.1) is 72.2 Å². The summed E-state index contributed by atoms with van der Waals surface area (Å²) in [5, 5.41) is 36.6. The van der Waals surface area contributed by atoms with E-state index in [9.17, 15) is 63.3 Å². The van der Waals surface area contributed by atoms with Gasteiger partial charge in [-0.05, 0) is 104 Å². The van der Waals surface area contributed by atoms with Gasteiger partial charge < -0.3 is 34.8 Å². The second-order valence-corrected chi connectivity index (χ2v) is 27.9. The molecule has 10 unspecified atom stereocenters. The van der Waals surface area contributed by atoms with Crippen LogP contribution in [0.3, 0.4) is 0 Å². The van der Waals surface area contributed by atoms with Gasteiger partial charge in [0.25, 0.3) is 0 Å². The maximum absolute atomic E-state index is 15.1. The average molecular weight is 1230 g/mol. The molecule has 2 aliphatic rings. The van der Waals surface area contributed by atoms with Crippen molar-refractivity contribution in [2.24, 2.45) is 86.3 Å². The molecule has 10 atom stereocenters. The first kappa shape index (κ1) is 73.4. The first-order valence-electron chi connectivity index (χ1n) is 30.9. The molecular weight excluding hydrogens is 1130 g/mol. The van der Waals surface area contributed by atoms with Gasteiger partial charge >= 0.3 is 41.8 Å². The summed E-state index contributed by atoms with van der Waals surface area (Å²) in [6, 6.07) is 12.3. The molecule has 2 saturated heterocycles. The lowest BCUT2D eigenvalue weighted by molar-refractivity contribution is -0.169. The number of aliphatic carboxylic acids is 3. The van der Waals surface area contributed by atoms with Gasteiger partial charge in [-0.15, -0.1) is 0 Å². The van der Waals surface area contributed by atoms with Crippen LogP contribution in [0, 0.1) is 93.2 Å². The van der Waals surface area contributed by atoms with Gasteiger partial charge in [0.15, 0.2) is 11.6 Å². The summed E-state index contributed by atoms with van der Waals surface area (Å²) in [5.74, 6) is -24.6. The number of Topliss-reactive ketones (excluding diaryl/α,β-unsaturated/α-hetero) is 2. The van der Waals surface area contributed by atoms with Crippen molar-refractivity contribution in [3.63, 3.8) is 0 Å². The highest BCUT2D eigenvalue weighted by molar-refractivity contribution is 6.13. The molecule has 0 bridgehead atoms. The number of ether oxygens (including phenoxy) is 3. The summed E-state index contributed by atoms with van der Waals surface area (Å²) >= 11 is 0. The van der Waals surface area contributed by atoms with Gasteiger partial charge in [0.1, 0.15) is 5.75 Å². The second kappa shape index (κ2) is 29.9. The van der Waals surface area contributed by atoms with E-state index in [1.807, 2.05) is 20.8 Å². The highest BCUT2D eigenvalue weighted by atomic mass is 16.6. The van der Waals surface area contributed by atoms with Crippen LogP contribution in [0.1, 0.15) is 194 Å². The Bertz CT molecular complexity index is 2920. The van der Waals surface area contributed by atoms with E-state index >= 15 is 9.59 Å². The van der Waals surface area contributed by atoms with Crippen LogP contribution in [0.2, 0.25) is 0 Å². The number of likely N-dealkylation sites (tertiary alicyclic amines) is 1. The van der Waals surface area contributed by atoms with Gasteiger partial charge in [-0.2, -0.15) is 0 Å². The zero-order valence-corrected chi connectivity index (χ0v) is 54.5. The number of imide groups is 1. The fourth-order valence-corrected chi connectivity index (χ4v) is 13.9. The zero-order chi connectivity index (χ0) is 66.8. The van der Waals surface area contributed by atoms with Crippen LogP contribution in [-0.4, -0.2) is 111 Å². The second-order valence-electron chi connectivity index (χ2n) is 27.9. The number of esters is 4. The standard InChI is InChI=1S/C68H96N2O18/c1-17-21-31-69-54(73)50(44(57(76)77)35-65(9,10)49-39(6)60(82)88-62(49)84)66(11,12)34-43-51(56(75)70(55(43)74)32-22-18-2)67(13,14)36-45(58(78)79)52(61(83)86-20-4)68(15,16)37-46(59(80)81)53(64(7,8)19-3)63(85)87-42-29-27-41(28-30-42)48(72)33-47(71)40-25-23-38(5)24-26-40/h23-30,39,43-46,49-53H,17-22,31-37H2,1-16H3,(H,69,73)(H,76,77)(H,78,79)(H,80,81). The van der Waals surface area contributed by atoms with Crippen LogP contribution in [0.4, 0.5) is 0 Å². The largest absolute Gasteiger partial charge is 0.481 e. The maximum atomic E-state index is 15.1. The molecule has 2 fully saturated rings. The van der Waals surface area contributed by atoms with Crippen molar-refractivity contribution in [2.75, 3.05) is 19.7 Å². The van der Waals surface area contributed by atoms with Crippen molar-refractivity contribution in [3.8, 4) is 5.75 Å². The smallest absolute Gasteiger partial charge is 0.318 e. The molecule has 20 heteroatoms. The number of cyclic esters (lactones) is 2. The average Bonchev–Trinajstić information content (AvgIpc) is 1.86. The quantitative estimate of drug-likeness (QED) is 0.0124. The Hall–Kier alpha value is -7.12. The summed E-state index contributed by atoms with van der Waals surface area (Å²) in [4.78, 5) is 168. The number of nitrogens with one attached hydrogen (secondary N) is 1. The Morgan fingerprint density at radius 1 is 0.591 bits per heavy atom. The monoisotopic (exact) mass is 1230 g/mol. The molecule has 3 amide bonds. The number of amides is 3.